The smallest absolute Gasteiger partial charge is 0.227 e. The molecule has 0 bridgehead atoms. The van der Waals surface area contributed by atoms with Gasteiger partial charge in [0.2, 0.25) is 11.8 Å². The summed E-state index contributed by atoms with van der Waals surface area (Å²) in [7, 11) is 5.46. The number of hydrogen-bond donors (Lipinski definition) is 0. The van der Waals surface area contributed by atoms with Crippen molar-refractivity contribution < 1.29 is 9.59 Å². The Morgan fingerprint density at radius 3 is 2.62 bits per heavy atom. The number of hydrogen-bond acceptors (Lipinski definition) is 6. The molecule has 29 heavy (non-hydrogen) atoms. The Morgan fingerprint density at radius 1 is 1.17 bits per heavy atom. The summed E-state index contributed by atoms with van der Waals surface area (Å²) in [5.74, 6) is 0.979. The molecule has 1 atom stereocenters. The molecule has 0 aromatic carbocycles. The maximum atomic E-state index is 12.4. The predicted molar refractivity (Wildman–Crippen MR) is 108 cm³/mol. The average Bonchev–Trinajstić information content (AvgIpc) is 3.35. The van der Waals surface area contributed by atoms with Crippen LogP contribution in [-0.4, -0.2) is 75.1 Å². The topological polar surface area (TPSA) is 87.5 Å². The number of aryl methyl sites for hydroxylation is 1. The second-order valence-corrected chi connectivity index (χ2v) is 8.05. The van der Waals surface area contributed by atoms with Crippen LogP contribution in [-0.2, 0) is 29.6 Å². The third-order valence-electron chi connectivity index (χ3n) is 5.69. The normalized spacial score (nSPS) is 18.7. The Balaban J connectivity index is 1.71. The van der Waals surface area contributed by atoms with E-state index in [-0.39, 0.29) is 17.7 Å². The summed E-state index contributed by atoms with van der Waals surface area (Å²) in [5, 5.41) is 4.29. The van der Waals surface area contributed by atoms with Crippen molar-refractivity contribution in [2.45, 2.75) is 26.3 Å². The van der Waals surface area contributed by atoms with Crippen molar-refractivity contribution >= 4 is 17.6 Å². The van der Waals surface area contributed by atoms with Crippen LogP contribution in [0.5, 0.6) is 0 Å². The molecule has 0 N–H and O–H groups in total. The molecule has 4 rings (SSSR count). The van der Waals surface area contributed by atoms with E-state index in [9.17, 15) is 9.59 Å². The van der Waals surface area contributed by atoms with Crippen molar-refractivity contribution in [1.82, 2.24) is 29.5 Å². The molecule has 0 spiro atoms. The number of rotatable bonds is 3. The van der Waals surface area contributed by atoms with Gasteiger partial charge in [-0.1, -0.05) is 0 Å². The largest absolute Gasteiger partial charge is 0.354 e. The van der Waals surface area contributed by atoms with Gasteiger partial charge in [-0.25, -0.2) is 9.97 Å². The highest BCUT2D eigenvalue weighted by Gasteiger charge is 2.33. The molecule has 1 saturated heterocycles. The molecule has 2 aliphatic heterocycles. The van der Waals surface area contributed by atoms with Gasteiger partial charge in [0.1, 0.15) is 5.69 Å². The third kappa shape index (κ3) is 3.68. The number of carbonyl (C=O) groups is 2. The molecule has 0 radical (unpaired) electrons. The van der Waals surface area contributed by atoms with Crippen LogP contribution in [0.1, 0.15) is 24.7 Å². The maximum Gasteiger partial charge on any atom is 0.227 e. The van der Waals surface area contributed by atoms with E-state index in [1.165, 1.54) is 0 Å². The molecule has 1 unspecified atom stereocenters. The first kappa shape index (κ1) is 19.4. The van der Waals surface area contributed by atoms with Crippen LogP contribution in [0.3, 0.4) is 0 Å². The van der Waals surface area contributed by atoms with Gasteiger partial charge < -0.3 is 14.7 Å². The number of aromatic nitrogens is 4. The number of carbonyl (C=O) groups excluding carboxylic acids is 2. The lowest BCUT2D eigenvalue weighted by Gasteiger charge is -2.29. The fourth-order valence-corrected chi connectivity index (χ4v) is 4.07. The average molecular weight is 397 g/mol. The molecule has 4 heterocycles. The second-order valence-electron chi connectivity index (χ2n) is 8.05. The van der Waals surface area contributed by atoms with Crippen LogP contribution < -0.4 is 4.90 Å². The van der Waals surface area contributed by atoms with Gasteiger partial charge in [-0.05, 0) is 6.42 Å². The fourth-order valence-electron chi connectivity index (χ4n) is 4.07. The third-order valence-corrected chi connectivity index (χ3v) is 5.69. The molecule has 0 saturated carbocycles. The zero-order chi connectivity index (χ0) is 20.7. The summed E-state index contributed by atoms with van der Waals surface area (Å²) in [6.45, 7) is 4.13. The zero-order valence-corrected chi connectivity index (χ0v) is 17.4. The van der Waals surface area contributed by atoms with E-state index in [0.29, 0.717) is 26.1 Å². The quantitative estimate of drug-likeness (QED) is 0.758. The molecular formula is C20H27N7O2. The van der Waals surface area contributed by atoms with Gasteiger partial charge in [0.05, 0.1) is 30.0 Å². The second kappa shape index (κ2) is 7.46. The van der Waals surface area contributed by atoms with Crippen molar-refractivity contribution in [2.75, 3.05) is 38.6 Å². The number of anilines is 1. The van der Waals surface area contributed by atoms with Crippen molar-refractivity contribution in [3.05, 3.63) is 23.8 Å². The van der Waals surface area contributed by atoms with E-state index in [2.05, 4.69) is 10.00 Å². The Hall–Kier alpha value is -2.97. The Labute approximate surface area is 170 Å². The molecule has 9 heteroatoms. The van der Waals surface area contributed by atoms with E-state index >= 15 is 0 Å². The maximum absolute atomic E-state index is 12.4. The monoisotopic (exact) mass is 397 g/mol. The fraction of sp³-hybridized carbons (Fsp3) is 0.550. The van der Waals surface area contributed by atoms with Crippen LogP contribution in [0, 0.1) is 5.92 Å². The van der Waals surface area contributed by atoms with Gasteiger partial charge >= 0.3 is 0 Å². The van der Waals surface area contributed by atoms with Gasteiger partial charge in [-0.3, -0.25) is 14.3 Å². The summed E-state index contributed by atoms with van der Waals surface area (Å²) in [6, 6.07) is 0. The number of fused-ring (bicyclic) bond motifs is 1. The number of amides is 2. The lowest BCUT2D eigenvalue weighted by atomic mass is 10.1. The highest BCUT2D eigenvalue weighted by atomic mass is 16.2. The highest BCUT2D eigenvalue weighted by molar-refractivity contribution is 5.80. The van der Waals surface area contributed by atoms with E-state index in [1.54, 1.807) is 41.7 Å². The van der Waals surface area contributed by atoms with Crippen LogP contribution >= 0.6 is 0 Å². The molecule has 1 fully saturated rings. The Kier molecular flexibility index (Phi) is 4.97. The van der Waals surface area contributed by atoms with Gasteiger partial charge in [0, 0.05) is 65.9 Å². The first-order chi connectivity index (χ1) is 13.8. The van der Waals surface area contributed by atoms with Crippen LogP contribution in [0.2, 0.25) is 0 Å². The number of nitrogens with zero attached hydrogens (tertiary/aromatic N) is 7. The molecule has 2 aliphatic rings. The molecular weight excluding hydrogens is 370 g/mol. The van der Waals surface area contributed by atoms with Crippen LogP contribution in [0.25, 0.3) is 11.3 Å². The Bertz CT molecular complexity index is 952. The summed E-state index contributed by atoms with van der Waals surface area (Å²) in [4.78, 5) is 39.8. The van der Waals surface area contributed by atoms with E-state index < -0.39 is 0 Å². The zero-order valence-electron chi connectivity index (χ0n) is 17.4. The molecule has 2 aromatic rings. The van der Waals surface area contributed by atoms with Gasteiger partial charge in [-0.2, -0.15) is 5.10 Å². The van der Waals surface area contributed by atoms with Crippen molar-refractivity contribution in [2.24, 2.45) is 13.0 Å². The SMILES string of the molecule is CC(=O)N1CCc2nc(N3CCC(C(=O)N(C)C)C3)c(-c3cnn(C)c3)nc2C1. The first-order valence-corrected chi connectivity index (χ1v) is 9.94. The van der Waals surface area contributed by atoms with E-state index in [4.69, 9.17) is 9.97 Å². The van der Waals surface area contributed by atoms with Crippen molar-refractivity contribution in [3.8, 4) is 11.3 Å². The predicted octanol–water partition coefficient (Wildman–Crippen LogP) is 0.696. The summed E-state index contributed by atoms with van der Waals surface area (Å²) < 4.78 is 1.74. The molecule has 2 aromatic heterocycles. The molecule has 2 amide bonds. The van der Waals surface area contributed by atoms with Crippen molar-refractivity contribution in [3.63, 3.8) is 0 Å². The van der Waals surface area contributed by atoms with Gasteiger partial charge in [0.15, 0.2) is 5.82 Å². The van der Waals surface area contributed by atoms with Crippen LogP contribution in [0.15, 0.2) is 12.4 Å². The summed E-state index contributed by atoms with van der Waals surface area (Å²) in [6.07, 6.45) is 5.20. The first-order valence-electron chi connectivity index (χ1n) is 9.94. The minimum Gasteiger partial charge on any atom is -0.354 e. The van der Waals surface area contributed by atoms with Crippen LogP contribution in [0.4, 0.5) is 5.82 Å². The molecule has 154 valence electrons. The minimum atomic E-state index is -0.0298. The minimum absolute atomic E-state index is 0.0298. The van der Waals surface area contributed by atoms with Gasteiger partial charge in [-0.15, -0.1) is 0 Å². The highest BCUT2D eigenvalue weighted by Crippen LogP contribution is 2.33. The van der Waals surface area contributed by atoms with Gasteiger partial charge in [0.25, 0.3) is 0 Å². The summed E-state index contributed by atoms with van der Waals surface area (Å²) in [5.41, 5.74) is 3.43. The lowest BCUT2D eigenvalue weighted by molar-refractivity contribution is -0.132. The van der Waals surface area contributed by atoms with E-state index in [0.717, 1.165) is 41.4 Å². The molecule has 0 aliphatic carbocycles. The van der Waals surface area contributed by atoms with E-state index in [1.807, 2.05) is 13.2 Å². The Morgan fingerprint density at radius 2 is 1.97 bits per heavy atom. The molecule has 9 nitrogen and oxygen atoms in total. The summed E-state index contributed by atoms with van der Waals surface area (Å²) >= 11 is 0. The van der Waals surface area contributed by atoms with Crippen molar-refractivity contribution in [1.29, 1.82) is 0 Å². The standard InChI is InChI=1S/C20H27N7O2/c1-13(28)26-8-6-16-17(12-26)22-18(15-9-21-25(4)10-15)19(23-16)27-7-5-14(11-27)20(29)24(2)3/h9-10,14H,5-8,11-12H2,1-4H3. The lowest BCUT2D eigenvalue weighted by Crippen LogP contribution is -2.36.